The van der Waals surface area contributed by atoms with Crippen molar-refractivity contribution in [3.8, 4) is 0 Å². The zero-order valence-corrected chi connectivity index (χ0v) is 13.1. The second kappa shape index (κ2) is 7.14. The van der Waals surface area contributed by atoms with Crippen molar-refractivity contribution in [2.75, 3.05) is 19.6 Å². The Labute approximate surface area is 123 Å². The van der Waals surface area contributed by atoms with Crippen molar-refractivity contribution >= 4 is 22.7 Å². The van der Waals surface area contributed by atoms with E-state index in [1.54, 1.807) is 22.7 Å². The lowest BCUT2D eigenvalue weighted by molar-refractivity contribution is 0.308. The molecule has 0 aliphatic heterocycles. The van der Waals surface area contributed by atoms with Crippen LogP contribution in [0.4, 0.5) is 0 Å². The Morgan fingerprint density at radius 2 is 2.11 bits per heavy atom. The summed E-state index contributed by atoms with van der Waals surface area (Å²) in [6.07, 6.45) is 1.02. The highest BCUT2D eigenvalue weighted by atomic mass is 32.1. The summed E-state index contributed by atoms with van der Waals surface area (Å²) in [5.41, 5.74) is 7.23. The minimum Gasteiger partial charge on any atom is -0.318 e. The maximum atomic E-state index is 6.23. The predicted molar refractivity (Wildman–Crippen MR) is 84.0 cm³/mol. The van der Waals surface area contributed by atoms with Crippen molar-refractivity contribution in [1.82, 2.24) is 9.88 Å². The standard InChI is InChI=1S/C14H21N3S2/c1-3-17(4-2)8-7-13-16-11(10-19-13)14(15)12-6-5-9-18-12/h5-6,9-10,14H,3-4,7-8,15H2,1-2H3. The number of rotatable bonds is 7. The Hall–Kier alpha value is -0.750. The molecule has 0 saturated heterocycles. The van der Waals surface area contributed by atoms with E-state index in [1.807, 2.05) is 6.07 Å². The molecule has 0 aliphatic carbocycles. The third kappa shape index (κ3) is 3.86. The molecule has 0 aliphatic rings. The second-order valence-corrected chi connectivity index (χ2v) is 6.36. The van der Waals surface area contributed by atoms with E-state index < -0.39 is 0 Å². The fraction of sp³-hybridized carbons (Fsp3) is 0.500. The van der Waals surface area contributed by atoms with Gasteiger partial charge in [-0.3, -0.25) is 0 Å². The van der Waals surface area contributed by atoms with E-state index in [1.165, 1.54) is 9.88 Å². The third-order valence-corrected chi connectivity index (χ3v) is 5.16. The van der Waals surface area contributed by atoms with Gasteiger partial charge in [-0.05, 0) is 24.5 Å². The Morgan fingerprint density at radius 1 is 1.32 bits per heavy atom. The molecular formula is C14H21N3S2. The van der Waals surface area contributed by atoms with Gasteiger partial charge in [0, 0.05) is 23.2 Å². The van der Waals surface area contributed by atoms with Gasteiger partial charge >= 0.3 is 0 Å². The van der Waals surface area contributed by atoms with Gasteiger partial charge in [-0.15, -0.1) is 22.7 Å². The molecule has 2 rings (SSSR count). The first-order valence-corrected chi connectivity index (χ1v) is 8.46. The lowest BCUT2D eigenvalue weighted by Crippen LogP contribution is -2.25. The molecule has 0 bridgehead atoms. The lowest BCUT2D eigenvalue weighted by atomic mass is 10.2. The summed E-state index contributed by atoms with van der Waals surface area (Å²) < 4.78 is 0. The topological polar surface area (TPSA) is 42.2 Å². The highest BCUT2D eigenvalue weighted by Gasteiger charge is 2.13. The summed E-state index contributed by atoms with van der Waals surface area (Å²) in [6, 6.07) is 4.04. The number of thiazole rings is 1. The normalized spacial score (nSPS) is 13.1. The Bertz CT molecular complexity index is 475. The molecule has 104 valence electrons. The largest absolute Gasteiger partial charge is 0.318 e. The fourth-order valence-electron chi connectivity index (χ4n) is 1.99. The molecule has 2 heterocycles. The van der Waals surface area contributed by atoms with Crippen LogP contribution in [0, 0.1) is 0 Å². The zero-order valence-electron chi connectivity index (χ0n) is 11.5. The van der Waals surface area contributed by atoms with Crippen LogP contribution < -0.4 is 5.73 Å². The van der Waals surface area contributed by atoms with Gasteiger partial charge in [0.05, 0.1) is 16.7 Å². The van der Waals surface area contributed by atoms with Crippen molar-refractivity contribution in [3.05, 3.63) is 38.5 Å². The SMILES string of the molecule is CCN(CC)CCc1nc(C(N)c2cccs2)cs1. The Morgan fingerprint density at radius 3 is 2.74 bits per heavy atom. The van der Waals surface area contributed by atoms with Gasteiger partial charge in [0.2, 0.25) is 0 Å². The highest BCUT2D eigenvalue weighted by molar-refractivity contribution is 7.10. The molecule has 3 nitrogen and oxygen atoms in total. The maximum Gasteiger partial charge on any atom is 0.0941 e. The van der Waals surface area contributed by atoms with Crippen LogP contribution in [0.5, 0.6) is 0 Å². The van der Waals surface area contributed by atoms with Crippen LogP contribution in [0.1, 0.15) is 35.5 Å². The number of thiophene rings is 1. The highest BCUT2D eigenvalue weighted by Crippen LogP contribution is 2.25. The summed E-state index contributed by atoms with van der Waals surface area (Å²) in [4.78, 5) is 8.28. The monoisotopic (exact) mass is 295 g/mol. The number of nitrogens with two attached hydrogens (primary N) is 1. The second-order valence-electron chi connectivity index (χ2n) is 4.44. The van der Waals surface area contributed by atoms with Crippen LogP contribution >= 0.6 is 22.7 Å². The van der Waals surface area contributed by atoms with Crippen LogP contribution in [-0.2, 0) is 6.42 Å². The summed E-state index contributed by atoms with van der Waals surface area (Å²) in [5, 5.41) is 5.35. The van der Waals surface area contributed by atoms with E-state index in [0.29, 0.717) is 0 Å². The third-order valence-electron chi connectivity index (χ3n) is 3.27. The Balaban J connectivity index is 1.95. The van der Waals surface area contributed by atoms with E-state index in [4.69, 9.17) is 5.73 Å². The number of hydrogen-bond acceptors (Lipinski definition) is 5. The number of nitrogens with zero attached hydrogens (tertiary/aromatic N) is 2. The Kier molecular flexibility index (Phi) is 5.51. The summed E-state index contributed by atoms with van der Waals surface area (Å²) in [7, 11) is 0. The van der Waals surface area contributed by atoms with E-state index in [2.05, 4.69) is 40.6 Å². The van der Waals surface area contributed by atoms with Crippen LogP contribution in [0.2, 0.25) is 0 Å². The number of likely N-dealkylation sites (N-methyl/N-ethyl adjacent to an activating group) is 1. The van der Waals surface area contributed by atoms with Gasteiger partial charge in [0.15, 0.2) is 0 Å². The van der Waals surface area contributed by atoms with Crippen LogP contribution in [0.3, 0.4) is 0 Å². The summed E-state index contributed by atoms with van der Waals surface area (Å²) >= 11 is 3.42. The van der Waals surface area contributed by atoms with Crippen molar-refractivity contribution < 1.29 is 0 Å². The van der Waals surface area contributed by atoms with Crippen molar-refractivity contribution in [2.24, 2.45) is 5.73 Å². The first-order chi connectivity index (χ1) is 9.24. The molecule has 2 N–H and O–H groups in total. The molecule has 0 radical (unpaired) electrons. The first-order valence-electron chi connectivity index (χ1n) is 6.70. The first kappa shape index (κ1) is 14.7. The summed E-state index contributed by atoms with van der Waals surface area (Å²) in [6.45, 7) is 7.67. The van der Waals surface area contributed by atoms with E-state index in [0.717, 1.165) is 31.7 Å². The molecule has 5 heteroatoms. The summed E-state index contributed by atoms with van der Waals surface area (Å²) in [5.74, 6) is 0. The quantitative estimate of drug-likeness (QED) is 0.853. The molecule has 19 heavy (non-hydrogen) atoms. The van der Waals surface area contributed by atoms with E-state index in [-0.39, 0.29) is 6.04 Å². The van der Waals surface area contributed by atoms with Gasteiger partial charge < -0.3 is 10.6 Å². The average molecular weight is 295 g/mol. The van der Waals surface area contributed by atoms with Gasteiger partial charge in [-0.25, -0.2) is 4.98 Å². The molecule has 0 amide bonds. The molecule has 2 aromatic rings. The van der Waals surface area contributed by atoms with Crippen LogP contribution in [-0.4, -0.2) is 29.5 Å². The number of aromatic nitrogens is 1. The smallest absolute Gasteiger partial charge is 0.0941 e. The molecule has 0 aromatic carbocycles. The average Bonchev–Trinajstić information content (AvgIpc) is 3.11. The van der Waals surface area contributed by atoms with Crippen molar-refractivity contribution in [1.29, 1.82) is 0 Å². The molecule has 0 saturated carbocycles. The van der Waals surface area contributed by atoms with Crippen molar-refractivity contribution in [2.45, 2.75) is 26.3 Å². The fourth-order valence-corrected chi connectivity index (χ4v) is 3.55. The van der Waals surface area contributed by atoms with Gasteiger partial charge in [-0.1, -0.05) is 19.9 Å². The minimum atomic E-state index is -0.0709. The van der Waals surface area contributed by atoms with Gasteiger partial charge in [0.25, 0.3) is 0 Å². The molecule has 2 aromatic heterocycles. The van der Waals surface area contributed by atoms with E-state index >= 15 is 0 Å². The maximum absolute atomic E-state index is 6.23. The minimum absolute atomic E-state index is 0.0709. The van der Waals surface area contributed by atoms with Gasteiger partial charge in [-0.2, -0.15) is 0 Å². The number of hydrogen-bond donors (Lipinski definition) is 1. The molecule has 1 atom stereocenters. The molecular weight excluding hydrogens is 274 g/mol. The van der Waals surface area contributed by atoms with Gasteiger partial charge in [0.1, 0.15) is 0 Å². The lowest BCUT2D eigenvalue weighted by Gasteiger charge is -2.16. The predicted octanol–water partition coefficient (Wildman–Crippen LogP) is 3.14. The van der Waals surface area contributed by atoms with Crippen LogP contribution in [0.15, 0.2) is 22.9 Å². The van der Waals surface area contributed by atoms with E-state index in [9.17, 15) is 0 Å². The molecule has 0 spiro atoms. The zero-order chi connectivity index (χ0) is 13.7. The molecule has 0 fully saturated rings. The van der Waals surface area contributed by atoms with Crippen LogP contribution in [0.25, 0.3) is 0 Å². The van der Waals surface area contributed by atoms with Crippen molar-refractivity contribution in [3.63, 3.8) is 0 Å². The molecule has 1 unspecified atom stereocenters.